The van der Waals surface area contributed by atoms with E-state index in [9.17, 15) is 4.79 Å². The Labute approximate surface area is 146 Å². The van der Waals surface area contributed by atoms with E-state index in [0.717, 1.165) is 25.8 Å². The van der Waals surface area contributed by atoms with Gasteiger partial charge in [-0.2, -0.15) is 0 Å². The highest BCUT2D eigenvalue weighted by Gasteiger charge is 2.10. The molecule has 0 unspecified atom stereocenters. The molecule has 2 heterocycles. The summed E-state index contributed by atoms with van der Waals surface area (Å²) in [5, 5.41) is 11.7. The molecule has 4 rings (SSSR count). The van der Waals surface area contributed by atoms with Crippen LogP contribution in [0.3, 0.4) is 0 Å². The van der Waals surface area contributed by atoms with Crippen LogP contribution in [-0.2, 0) is 0 Å². The van der Waals surface area contributed by atoms with Gasteiger partial charge in [-0.05, 0) is 36.4 Å². The van der Waals surface area contributed by atoms with Crippen LogP contribution in [-0.4, -0.2) is 21.1 Å². The Morgan fingerprint density at radius 1 is 1.12 bits per heavy atom. The topological polar surface area (TPSA) is 70.7 Å². The van der Waals surface area contributed by atoms with E-state index in [1.165, 1.54) is 11.3 Å². The summed E-state index contributed by atoms with van der Waals surface area (Å²) in [6, 6.07) is 17.3. The number of para-hydroxylation sites is 1. The fourth-order valence-corrected chi connectivity index (χ4v) is 3.76. The van der Waals surface area contributed by atoms with E-state index in [1.807, 2.05) is 54.6 Å². The Bertz CT molecular complexity index is 944. The second kappa shape index (κ2) is 6.46. The highest BCUT2D eigenvalue weighted by molar-refractivity contribution is 8.01. The van der Waals surface area contributed by atoms with Gasteiger partial charge < -0.3 is 10.3 Å². The third-order valence-electron chi connectivity index (χ3n) is 3.43. The number of hydrogen-bond donors (Lipinski definition) is 2. The van der Waals surface area contributed by atoms with Gasteiger partial charge in [0.15, 0.2) is 4.34 Å². The highest BCUT2D eigenvalue weighted by Crippen LogP contribution is 2.29. The molecule has 0 saturated heterocycles. The van der Waals surface area contributed by atoms with Crippen molar-refractivity contribution in [2.75, 3.05) is 5.32 Å². The molecule has 0 saturated carbocycles. The number of anilines is 1. The normalized spacial score (nSPS) is 10.8. The van der Waals surface area contributed by atoms with Crippen molar-refractivity contribution in [2.45, 2.75) is 9.24 Å². The zero-order valence-electron chi connectivity index (χ0n) is 12.4. The summed E-state index contributed by atoms with van der Waals surface area (Å²) in [7, 11) is 0. The maximum absolute atomic E-state index is 12.4. The van der Waals surface area contributed by atoms with Crippen molar-refractivity contribution in [1.29, 1.82) is 0 Å². The van der Waals surface area contributed by atoms with Crippen LogP contribution in [0.4, 0.5) is 5.69 Å². The van der Waals surface area contributed by atoms with E-state index < -0.39 is 0 Å². The SMILES string of the molecule is O=C(Nc1ccc(Sc2nncs2)cc1)c1cc2ccccc2[nH]1. The molecule has 4 aromatic rings. The first kappa shape index (κ1) is 14.9. The molecular formula is C17H12N4OS2. The average molecular weight is 352 g/mol. The van der Waals surface area contributed by atoms with Crippen molar-refractivity contribution in [3.05, 3.63) is 65.8 Å². The molecule has 7 heteroatoms. The monoisotopic (exact) mass is 352 g/mol. The predicted molar refractivity (Wildman–Crippen MR) is 96.7 cm³/mol. The van der Waals surface area contributed by atoms with E-state index in [4.69, 9.17) is 0 Å². The number of H-pyrrole nitrogens is 1. The zero-order chi connectivity index (χ0) is 16.4. The fraction of sp³-hybridized carbons (Fsp3) is 0. The number of carbonyl (C=O) groups excluding carboxylic acids is 1. The first-order chi connectivity index (χ1) is 11.8. The van der Waals surface area contributed by atoms with Crippen molar-refractivity contribution in [3.63, 3.8) is 0 Å². The van der Waals surface area contributed by atoms with Crippen molar-refractivity contribution < 1.29 is 4.79 Å². The Kier molecular flexibility index (Phi) is 4.02. The lowest BCUT2D eigenvalue weighted by Crippen LogP contribution is -2.11. The molecule has 2 aromatic carbocycles. The molecule has 2 aromatic heterocycles. The lowest BCUT2D eigenvalue weighted by Gasteiger charge is -2.04. The van der Waals surface area contributed by atoms with Crippen molar-refractivity contribution >= 4 is 45.6 Å². The molecular weight excluding hydrogens is 340 g/mol. The molecule has 0 spiro atoms. The Balaban J connectivity index is 1.47. The smallest absolute Gasteiger partial charge is 0.272 e. The standard InChI is InChI=1S/C17H12N4OS2/c22-16(15-9-11-3-1-2-4-14(11)20-15)19-12-5-7-13(8-6-12)24-17-21-18-10-23-17/h1-10,20H,(H,19,22). The number of nitrogens with one attached hydrogen (secondary N) is 2. The number of fused-ring (bicyclic) bond motifs is 1. The largest absolute Gasteiger partial charge is 0.351 e. The van der Waals surface area contributed by atoms with Gasteiger partial charge in [-0.1, -0.05) is 41.3 Å². The second-order valence-electron chi connectivity index (χ2n) is 5.06. The molecule has 24 heavy (non-hydrogen) atoms. The summed E-state index contributed by atoms with van der Waals surface area (Å²) in [5.41, 5.74) is 3.95. The van der Waals surface area contributed by atoms with Crippen LogP contribution in [0.2, 0.25) is 0 Å². The predicted octanol–water partition coefficient (Wildman–Crippen LogP) is 4.42. The minimum Gasteiger partial charge on any atom is -0.351 e. The van der Waals surface area contributed by atoms with E-state index in [-0.39, 0.29) is 5.91 Å². The molecule has 0 atom stereocenters. The maximum atomic E-state index is 12.4. The van der Waals surface area contributed by atoms with Gasteiger partial charge >= 0.3 is 0 Å². The summed E-state index contributed by atoms with van der Waals surface area (Å²) >= 11 is 3.05. The summed E-state index contributed by atoms with van der Waals surface area (Å²) in [5.74, 6) is -0.157. The van der Waals surface area contributed by atoms with Crippen LogP contribution in [0.15, 0.2) is 69.3 Å². The molecule has 0 aliphatic carbocycles. The van der Waals surface area contributed by atoms with E-state index in [1.54, 1.807) is 17.3 Å². The van der Waals surface area contributed by atoms with E-state index in [0.29, 0.717) is 5.69 Å². The van der Waals surface area contributed by atoms with Crippen LogP contribution < -0.4 is 5.32 Å². The van der Waals surface area contributed by atoms with Gasteiger partial charge in [0.05, 0.1) is 0 Å². The van der Waals surface area contributed by atoms with Crippen LogP contribution in [0.25, 0.3) is 10.9 Å². The number of aromatic nitrogens is 3. The van der Waals surface area contributed by atoms with E-state index in [2.05, 4.69) is 20.5 Å². The molecule has 5 nitrogen and oxygen atoms in total. The minimum atomic E-state index is -0.157. The molecule has 0 fully saturated rings. The first-order valence-electron chi connectivity index (χ1n) is 7.21. The first-order valence-corrected chi connectivity index (χ1v) is 8.91. The summed E-state index contributed by atoms with van der Waals surface area (Å²) < 4.78 is 0.893. The molecule has 1 amide bonds. The van der Waals surface area contributed by atoms with Gasteiger partial charge in [-0.3, -0.25) is 4.79 Å². The van der Waals surface area contributed by atoms with Gasteiger partial charge in [-0.15, -0.1) is 10.2 Å². The third-order valence-corrected chi connectivity index (χ3v) is 5.22. The highest BCUT2D eigenvalue weighted by atomic mass is 32.2. The second-order valence-corrected chi connectivity index (χ2v) is 7.21. The Morgan fingerprint density at radius 3 is 2.71 bits per heavy atom. The molecule has 118 valence electrons. The van der Waals surface area contributed by atoms with Crippen LogP contribution in [0, 0.1) is 0 Å². The summed E-state index contributed by atoms with van der Waals surface area (Å²) in [6.07, 6.45) is 0. The van der Waals surface area contributed by atoms with Crippen LogP contribution in [0.1, 0.15) is 10.5 Å². The van der Waals surface area contributed by atoms with Crippen molar-refractivity contribution in [1.82, 2.24) is 15.2 Å². The Hall–Kier alpha value is -2.64. The third kappa shape index (κ3) is 3.17. The molecule has 0 aliphatic rings. The number of amides is 1. The van der Waals surface area contributed by atoms with Gasteiger partial charge in [0.25, 0.3) is 5.91 Å². The van der Waals surface area contributed by atoms with Crippen molar-refractivity contribution in [3.8, 4) is 0 Å². The van der Waals surface area contributed by atoms with E-state index >= 15 is 0 Å². The number of rotatable bonds is 4. The minimum absolute atomic E-state index is 0.157. The fourth-order valence-electron chi connectivity index (χ4n) is 2.31. The number of nitrogens with zero attached hydrogens (tertiary/aromatic N) is 2. The number of hydrogen-bond acceptors (Lipinski definition) is 5. The number of aromatic amines is 1. The molecule has 0 radical (unpaired) electrons. The quantitative estimate of drug-likeness (QED) is 0.570. The maximum Gasteiger partial charge on any atom is 0.272 e. The molecule has 2 N–H and O–H groups in total. The lowest BCUT2D eigenvalue weighted by atomic mass is 10.2. The lowest BCUT2D eigenvalue weighted by molar-refractivity contribution is 0.102. The van der Waals surface area contributed by atoms with Crippen molar-refractivity contribution in [2.24, 2.45) is 0 Å². The summed E-state index contributed by atoms with van der Waals surface area (Å²) in [4.78, 5) is 16.5. The van der Waals surface area contributed by atoms with Gasteiger partial charge in [0, 0.05) is 21.5 Å². The average Bonchev–Trinajstić information content (AvgIpc) is 3.25. The zero-order valence-corrected chi connectivity index (χ0v) is 14.0. The molecule has 0 aliphatic heterocycles. The summed E-state index contributed by atoms with van der Waals surface area (Å²) in [6.45, 7) is 0. The van der Waals surface area contributed by atoms with Gasteiger partial charge in [-0.25, -0.2) is 0 Å². The molecule has 0 bridgehead atoms. The number of benzene rings is 2. The Morgan fingerprint density at radius 2 is 1.96 bits per heavy atom. The van der Waals surface area contributed by atoms with Gasteiger partial charge in [0.1, 0.15) is 11.2 Å². The van der Waals surface area contributed by atoms with Crippen LogP contribution in [0.5, 0.6) is 0 Å². The van der Waals surface area contributed by atoms with Crippen LogP contribution >= 0.6 is 23.1 Å². The number of carbonyl (C=O) groups is 1. The van der Waals surface area contributed by atoms with Gasteiger partial charge in [0.2, 0.25) is 0 Å².